The van der Waals surface area contributed by atoms with Gasteiger partial charge in [0.05, 0.1) is 5.54 Å². The van der Waals surface area contributed by atoms with Crippen LogP contribution >= 0.6 is 11.6 Å². The van der Waals surface area contributed by atoms with Gasteiger partial charge in [0, 0.05) is 11.6 Å². The fourth-order valence-corrected chi connectivity index (χ4v) is 2.36. The van der Waals surface area contributed by atoms with E-state index in [1.54, 1.807) is 12.1 Å². The number of hydrogen-bond donors (Lipinski definition) is 3. The molecule has 1 amide bonds. The molecule has 0 atom stereocenters. The van der Waals surface area contributed by atoms with Crippen molar-refractivity contribution in [2.45, 2.75) is 32.9 Å². The van der Waals surface area contributed by atoms with Gasteiger partial charge in [0.2, 0.25) is 5.75 Å². The number of aromatic nitrogens is 2. The Morgan fingerprint density at radius 1 is 1.27 bits per heavy atom. The van der Waals surface area contributed by atoms with Gasteiger partial charge in [-0.2, -0.15) is 4.98 Å². The van der Waals surface area contributed by atoms with Crippen LogP contribution < -0.4 is 5.32 Å². The summed E-state index contributed by atoms with van der Waals surface area (Å²) < 4.78 is 0. The number of halogens is 1. The van der Waals surface area contributed by atoms with E-state index in [1.165, 1.54) is 0 Å². The minimum absolute atomic E-state index is 0.210. The van der Waals surface area contributed by atoms with Gasteiger partial charge in [-0.25, -0.2) is 4.98 Å². The average molecular weight is 379 g/mol. The second-order valence-electron chi connectivity index (χ2n) is 6.77. The third-order valence-electron chi connectivity index (χ3n) is 4.50. The van der Waals surface area contributed by atoms with Crippen molar-refractivity contribution in [2.75, 3.05) is 14.1 Å². The smallest absolute Gasteiger partial charge is 0.274 e. The lowest BCUT2D eigenvalue weighted by atomic mass is 10.0. The molecule has 0 bridgehead atoms. The molecule has 7 nitrogen and oxygen atoms in total. The molecule has 2 rings (SSSR count). The lowest BCUT2D eigenvalue weighted by Crippen LogP contribution is -2.38. The molecule has 0 saturated heterocycles. The van der Waals surface area contributed by atoms with Gasteiger partial charge < -0.3 is 15.5 Å². The Bertz CT molecular complexity index is 837. The average Bonchev–Trinajstić information content (AvgIpc) is 2.57. The van der Waals surface area contributed by atoms with E-state index < -0.39 is 23.1 Å². The van der Waals surface area contributed by atoms with Crippen molar-refractivity contribution < 1.29 is 15.0 Å². The molecule has 0 saturated carbocycles. The first-order chi connectivity index (χ1) is 12.0. The number of hydrogen-bond acceptors (Lipinski definition) is 6. The van der Waals surface area contributed by atoms with Gasteiger partial charge in [-0.15, -0.1) is 0 Å². The van der Waals surface area contributed by atoms with Crippen LogP contribution in [0.1, 0.15) is 41.3 Å². The molecule has 26 heavy (non-hydrogen) atoms. The molecule has 140 valence electrons. The van der Waals surface area contributed by atoms with Gasteiger partial charge >= 0.3 is 0 Å². The van der Waals surface area contributed by atoms with E-state index in [0.29, 0.717) is 5.02 Å². The van der Waals surface area contributed by atoms with Crippen LogP contribution in [0.3, 0.4) is 0 Å². The van der Waals surface area contributed by atoms with Gasteiger partial charge in [-0.1, -0.05) is 17.7 Å². The molecule has 0 radical (unpaired) electrons. The standard InChI is InChI=1S/C18H23ClN4O3/c1-10-6-7-12(19)8-11(10)9-20-15(25)13-14(24)16(26)22-17(21-13)18(2,3)23(4)5/h6-8,24H,9H2,1-5H3,(H,20,25)(H,21,22,26). The highest BCUT2D eigenvalue weighted by Gasteiger charge is 2.30. The predicted octanol–water partition coefficient (Wildman–Crippen LogP) is 2.58. The molecule has 2 aromatic rings. The largest absolute Gasteiger partial charge is 0.501 e. The number of rotatable bonds is 5. The zero-order chi connectivity index (χ0) is 19.6. The van der Waals surface area contributed by atoms with Gasteiger partial charge in [-0.3, -0.25) is 9.69 Å². The number of carbonyl (C=O) groups is 1. The van der Waals surface area contributed by atoms with Crippen LogP contribution in [-0.2, 0) is 12.1 Å². The Hall–Kier alpha value is -2.38. The van der Waals surface area contributed by atoms with Crippen LogP contribution in [0.4, 0.5) is 0 Å². The minimum Gasteiger partial charge on any atom is -0.501 e. The lowest BCUT2D eigenvalue weighted by Gasteiger charge is -2.31. The van der Waals surface area contributed by atoms with Crippen molar-refractivity contribution in [3.05, 3.63) is 45.9 Å². The van der Waals surface area contributed by atoms with E-state index in [2.05, 4.69) is 15.3 Å². The summed E-state index contributed by atoms with van der Waals surface area (Å²) in [5, 5.41) is 23.2. The van der Waals surface area contributed by atoms with Gasteiger partial charge in [0.15, 0.2) is 11.5 Å². The molecule has 0 fully saturated rings. The minimum atomic E-state index is -0.649. The molecule has 1 heterocycles. The highest BCUT2D eigenvalue weighted by molar-refractivity contribution is 6.30. The third-order valence-corrected chi connectivity index (χ3v) is 4.73. The van der Waals surface area contributed by atoms with E-state index in [4.69, 9.17) is 11.6 Å². The summed E-state index contributed by atoms with van der Waals surface area (Å²) >= 11 is 5.98. The first kappa shape index (κ1) is 19.9. The monoisotopic (exact) mass is 378 g/mol. The summed E-state index contributed by atoms with van der Waals surface area (Å²) in [5.41, 5.74) is 0.891. The fourth-order valence-electron chi connectivity index (χ4n) is 2.16. The van der Waals surface area contributed by atoms with Crippen LogP contribution in [0.5, 0.6) is 11.6 Å². The van der Waals surface area contributed by atoms with E-state index in [9.17, 15) is 15.0 Å². The van der Waals surface area contributed by atoms with Gasteiger partial charge in [0.25, 0.3) is 11.8 Å². The Morgan fingerprint density at radius 2 is 1.92 bits per heavy atom. The highest BCUT2D eigenvalue weighted by Crippen LogP contribution is 2.30. The zero-order valence-corrected chi connectivity index (χ0v) is 16.2. The van der Waals surface area contributed by atoms with Crippen molar-refractivity contribution in [3.8, 4) is 11.6 Å². The SMILES string of the molecule is Cc1ccc(Cl)cc1CNC(=O)c1nc(C(C)(C)N(C)C)nc(O)c1O. The summed E-state index contributed by atoms with van der Waals surface area (Å²) in [4.78, 5) is 22.4. The van der Waals surface area contributed by atoms with E-state index >= 15 is 0 Å². The number of nitrogens with one attached hydrogen (secondary N) is 1. The number of aromatic hydroxyl groups is 2. The summed E-state index contributed by atoms with van der Waals surface area (Å²) in [6, 6.07) is 5.39. The Labute approximate surface area is 157 Å². The Balaban J connectivity index is 2.31. The fraction of sp³-hybridized carbons (Fsp3) is 0.389. The molecule has 8 heteroatoms. The van der Waals surface area contributed by atoms with Crippen molar-refractivity contribution >= 4 is 17.5 Å². The maximum Gasteiger partial charge on any atom is 0.274 e. The predicted molar refractivity (Wildman–Crippen MR) is 99.4 cm³/mol. The second-order valence-corrected chi connectivity index (χ2v) is 7.21. The summed E-state index contributed by atoms with van der Waals surface area (Å²) in [6.07, 6.45) is 0. The van der Waals surface area contributed by atoms with Gasteiger partial charge in [-0.05, 0) is 58.1 Å². The molecule has 1 aromatic heterocycles. The highest BCUT2D eigenvalue weighted by atomic mass is 35.5. The third kappa shape index (κ3) is 4.05. The summed E-state index contributed by atoms with van der Waals surface area (Å²) in [7, 11) is 3.66. The Kier molecular flexibility index (Phi) is 5.73. The number of amides is 1. The maximum atomic E-state index is 12.5. The first-order valence-electron chi connectivity index (χ1n) is 8.05. The van der Waals surface area contributed by atoms with Crippen LogP contribution in [0.15, 0.2) is 18.2 Å². The van der Waals surface area contributed by atoms with E-state index in [-0.39, 0.29) is 18.1 Å². The molecular formula is C18H23ClN4O3. The second kappa shape index (κ2) is 7.47. The molecule has 1 aromatic carbocycles. The topological polar surface area (TPSA) is 98.6 Å². The lowest BCUT2D eigenvalue weighted by molar-refractivity contribution is 0.0939. The molecule has 0 aliphatic heterocycles. The normalized spacial score (nSPS) is 11.7. The van der Waals surface area contributed by atoms with Crippen molar-refractivity contribution in [1.82, 2.24) is 20.2 Å². The number of aryl methyl sites for hydroxylation is 1. The zero-order valence-electron chi connectivity index (χ0n) is 15.5. The van der Waals surface area contributed by atoms with E-state index in [0.717, 1.165) is 11.1 Å². The quantitative estimate of drug-likeness (QED) is 0.739. The van der Waals surface area contributed by atoms with E-state index in [1.807, 2.05) is 45.8 Å². The summed E-state index contributed by atoms with van der Waals surface area (Å²) in [5.74, 6) is -1.67. The van der Waals surface area contributed by atoms with Gasteiger partial charge in [0.1, 0.15) is 0 Å². The summed E-state index contributed by atoms with van der Waals surface area (Å²) in [6.45, 7) is 5.80. The molecule has 0 spiro atoms. The molecule has 0 aliphatic rings. The van der Waals surface area contributed by atoms with Crippen molar-refractivity contribution in [2.24, 2.45) is 0 Å². The number of carbonyl (C=O) groups excluding carboxylic acids is 1. The van der Waals surface area contributed by atoms with Crippen molar-refractivity contribution in [3.63, 3.8) is 0 Å². The van der Waals surface area contributed by atoms with Crippen LogP contribution in [0.25, 0.3) is 0 Å². The first-order valence-corrected chi connectivity index (χ1v) is 8.43. The maximum absolute atomic E-state index is 12.5. The van der Waals surface area contributed by atoms with Crippen LogP contribution in [0, 0.1) is 6.92 Å². The molecule has 0 aliphatic carbocycles. The number of benzene rings is 1. The molecule has 3 N–H and O–H groups in total. The van der Waals surface area contributed by atoms with Crippen molar-refractivity contribution in [1.29, 1.82) is 0 Å². The van der Waals surface area contributed by atoms with Crippen LogP contribution in [-0.4, -0.2) is 45.1 Å². The Morgan fingerprint density at radius 3 is 2.54 bits per heavy atom. The molecule has 0 unspecified atom stereocenters. The number of nitrogens with zero attached hydrogens (tertiary/aromatic N) is 3. The van der Waals surface area contributed by atoms with Crippen LogP contribution in [0.2, 0.25) is 5.02 Å². The molecular weight excluding hydrogens is 356 g/mol.